The van der Waals surface area contributed by atoms with Gasteiger partial charge in [0.05, 0.1) is 0 Å². The van der Waals surface area contributed by atoms with E-state index in [1.54, 1.807) is 0 Å². The predicted molar refractivity (Wildman–Crippen MR) is 63.8 cm³/mol. The minimum absolute atomic E-state index is 0.218. The fourth-order valence-electron chi connectivity index (χ4n) is 1.36. The highest BCUT2D eigenvalue weighted by Crippen LogP contribution is 2.64. The number of halogens is 18. The smallest absolute Gasteiger partial charge is 0.195 e. The maximum atomic E-state index is 13.2. The van der Waals surface area contributed by atoms with Crippen molar-refractivity contribution in [2.24, 2.45) is 0 Å². The second kappa shape index (κ2) is 6.92. The molecule has 0 aliphatic rings. The first-order chi connectivity index (χ1) is 11.8. The van der Waals surface area contributed by atoms with Gasteiger partial charge < -0.3 is 0 Å². The van der Waals surface area contributed by atoms with E-state index in [-0.39, 0.29) is 4.08 Å². The van der Waals surface area contributed by atoms with E-state index in [4.69, 9.17) is 0 Å². The van der Waals surface area contributed by atoms with E-state index < -0.39 is 53.7 Å². The Morgan fingerprint density at radius 2 is 0.643 bits per heavy atom. The first-order valence-electron chi connectivity index (χ1n) is 5.80. The SMILES string of the molecule is FC(F)(F)C(F)(F)C(F)(F)C(F)(F)C(F)(F)C(F)(F)C(F)(F)C(F)(F)C=CI. The van der Waals surface area contributed by atoms with Crippen molar-refractivity contribution in [2.45, 2.75) is 47.6 Å². The van der Waals surface area contributed by atoms with Crippen molar-refractivity contribution >= 4 is 22.6 Å². The van der Waals surface area contributed by atoms with Crippen molar-refractivity contribution < 1.29 is 74.6 Å². The summed E-state index contributed by atoms with van der Waals surface area (Å²) < 4.78 is 217. The van der Waals surface area contributed by atoms with Gasteiger partial charge in [0.15, 0.2) is 0 Å². The van der Waals surface area contributed by atoms with Crippen LogP contribution >= 0.6 is 22.6 Å². The van der Waals surface area contributed by atoms with Crippen LogP contribution in [-0.2, 0) is 0 Å². The summed E-state index contributed by atoms with van der Waals surface area (Å²) in [5.41, 5.74) is 0. The highest BCUT2D eigenvalue weighted by molar-refractivity contribution is 14.1. The summed E-state index contributed by atoms with van der Waals surface area (Å²) in [7, 11) is 0. The first kappa shape index (κ1) is 27.3. The summed E-state index contributed by atoms with van der Waals surface area (Å²) in [5.74, 6) is -56.1. The number of rotatable bonds is 7. The molecule has 0 N–H and O–H groups in total. The zero-order valence-corrected chi connectivity index (χ0v) is 14.1. The van der Waals surface area contributed by atoms with Gasteiger partial charge >= 0.3 is 47.6 Å². The van der Waals surface area contributed by atoms with Crippen molar-refractivity contribution in [2.75, 3.05) is 0 Å². The lowest BCUT2D eigenvalue weighted by atomic mass is 9.89. The van der Waals surface area contributed by atoms with Crippen molar-refractivity contribution in [1.82, 2.24) is 0 Å². The highest BCUT2D eigenvalue weighted by atomic mass is 127. The molecule has 0 nitrogen and oxygen atoms in total. The molecule has 0 saturated carbocycles. The molecule has 0 heterocycles. The van der Waals surface area contributed by atoms with Crippen molar-refractivity contribution in [3.63, 3.8) is 0 Å². The van der Waals surface area contributed by atoms with Crippen molar-refractivity contribution in [3.8, 4) is 0 Å². The van der Waals surface area contributed by atoms with Crippen LogP contribution in [0.2, 0.25) is 0 Å². The van der Waals surface area contributed by atoms with Gasteiger partial charge in [0.1, 0.15) is 0 Å². The van der Waals surface area contributed by atoms with Crippen LogP contribution in [0.15, 0.2) is 10.2 Å². The Hall–Kier alpha value is -0.720. The molecule has 0 rings (SSSR count). The molecule has 18 heteroatoms. The number of hydrogen-bond acceptors (Lipinski definition) is 0. The fraction of sp³-hybridized carbons (Fsp3) is 0.800. The van der Waals surface area contributed by atoms with Crippen LogP contribution in [-0.4, -0.2) is 47.6 Å². The van der Waals surface area contributed by atoms with E-state index in [1.165, 1.54) is 0 Å². The van der Waals surface area contributed by atoms with Gasteiger partial charge in [-0.05, 0) is 10.2 Å². The lowest BCUT2D eigenvalue weighted by molar-refractivity contribution is -0.459. The molecule has 0 unspecified atom stereocenters. The number of hydrogen-bond donors (Lipinski definition) is 0. The van der Waals surface area contributed by atoms with Gasteiger partial charge in [-0.2, -0.15) is 74.6 Å². The zero-order valence-electron chi connectivity index (χ0n) is 12.0. The van der Waals surface area contributed by atoms with E-state index in [0.717, 1.165) is 0 Å². The summed E-state index contributed by atoms with van der Waals surface area (Å²) in [5, 5.41) is 0. The third-order valence-corrected chi connectivity index (χ3v) is 3.38. The molecule has 0 bridgehead atoms. The molecule has 0 amide bonds. The van der Waals surface area contributed by atoms with E-state index in [2.05, 4.69) is 0 Å². The highest BCUT2D eigenvalue weighted by Gasteiger charge is 2.95. The maximum absolute atomic E-state index is 13.2. The van der Waals surface area contributed by atoms with Crippen LogP contribution in [0.5, 0.6) is 0 Å². The number of allylic oxidation sites excluding steroid dienone is 1. The van der Waals surface area contributed by atoms with Crippen LogP contribution in [0.1, 0.15) is 0 Å². The summed E-state index contributed by atoms with van der Waals surface area (Å²) in [6.45, 7) is 0. The van der Waals surface area contributed by atoms with Crippen LogP contribution in [0.3, 0.4) is 0 Å². The molecule has 0 atom stereocenters. The second-order valence-corrected chi connectivity index (χ2v) is 5.58. The second-order valence-electron chi connectivity index (χ2n) is 4.86. The molecule has 0 fully saturated rings. The average molecular weight is 572 g/mol. The Balaban J connectivity index is 6.72. The first-order valence-corrected chi connectivity index (χ1v) is 7.05. The molecule has 168 valence electrons. The molecular formula is C10H2F17I. The molecule has 0 aliphatic carbocycles. The van der Waals surface area contributed by atoms with Gasteiger partial charge in [0, 0.05) is 0 Å². The van der Waals surface area contributed by atoms with Gasteiger partial charge in [0.2, 0.25) is 0 Å². The Labute approximate surface area is 155 Å². The standard InChI is InChI=1S/C10H2F17I/c11-3(12,1-2-28)4(13,14)5(15,16)6(17,18)7(19,20)8(21,22)9(23,24)10(25,26)27/h1-2H. The zero-order chi connectivity index (χ0) is 23.4. The van der Waals surface area contributed by atoms with Crippen molar-refractivity contribution in [1.29, 1.82) is 0 Å². The number of alkyl halides is 17. The molecule has 0 saturated heterocycles. The molecule has 0 aromatic heterocycles. The Kier molecular flexibility index (Phi) is 6.74. The Bertz CT molecular complexity index is 598. The quantitative estimate of drug-likeness (QED) is 0.229. The minimum Gasteiger partial charge on any atom is -0.195 e. The van der Waals surface area contributed by atoms with Crippen LogP contribution in [0.25, 0.3) is 0 Å². The van der Waals surface area contributed by atoms with E-state index in [0.29, 0.717) is 22.6 Å². The molecule has 0 radical (unpaired) electrons. The van der Waals surface area contributed by atoms with Gasteiger partial charge in [-0.1, -0.05) is 22.6 Å². The fourth-order valence-corrected chi connectivity index (χ4v) is 1.81. The van der Waals surface area contributed by atoms with Crippen molar-refractivity contribution in [3.05, 3.63) is 10.2 Å². The summed E-state index contributed by atoms with van der Waals surface area (Å²) in [6, 6.07) is 0. The van der Waals surface area contributed by atoms with Crippen LogP contribution in [0, 0.1) is 0 Å². The van der Waals surface area contributed by atoms with E-state index in [1.807, 2.05) is 0 Å². The minimum atomic E-state index is -8.59. The molecule has 0 aromatic carbocycles. The summed E-state index contributed by atoms with van der Waals surface area (Å²) >= 11 is 0.631. The van der Waals surface area contributed by atoms with Gasteiger partial charge in [-0.3, -0.25) is 0 Å². The van der Waals surface area contributed by atoms with Crippen LogP contribution < -0.4 is 0 Å². The van der Waals surface area contributed by atoms with Gasteiger partial charge in [0.25, 0.3) is 0 Å². The lowest BCUT2D eigenvalue weighted by Gasteiger charge is -2.42. The third-order valence-electron chi connectivity index (χ3n) is 3.02. The molecule has 0 aliphatic heterocycles. The Morgan fingerprint density at radius 3 is 0.893 bits per heavy atom. The Morgan fingerprint density at radius 1 is 0.393 bits per heavy atom. The largest absolute Gasteiger partial charge is 0.460 e. The normalized spacial score (nSPS) is 16.8. The van der Waals surface area contributed by atoms with Gasteiger partial charge in [-0.25, -0.2) is 0 Å². The summed E-state index contributed by atoms with van der Waals surface area (Å²) in [6.07, 6.45) is -9.01. The average Bonchev–Trinajstić information content (AvgIpc) is 2.44. The van der Waals surface area contributed by atoms with E-state index in [9.17, 15) is 74.6 Å². The monoisotopic (exact) mass is 572 g/mol. The van der Waals surface area contributed by atoms with E-state index >= 15 is 0 Å². The van der Waals surface area contributed by atoms with Crippen LogP contribution in [0.4, 0.5) is 74.6 Å². The molecular weight excluding hydrogens is 570 g/mol. The molecule has 0 spiro atoms. The van der Waals surface area contributed by atoms with Gasteiger partial charge in [-0.15, -0.1) is 0 Å². The summed E-state index contributed by atoms with van der Waals surface area (Å²) in [4.78, 5) is 0. The molecule has 0 aromatic rings. The third kappa shape index (κ3) is 3.39. The predicted octanol–water partition coefficient (Wildman–Crippen LogP) is 6.94. The lowest BCUT2D eigenvalue weighted by Crippen LogP contribution is -2.74. The maximum Gasteiger partial charge on any atom is 0.460 e. The molecule has 28 heavy (non-hydrogen) atoms. The topological polar surface area (TPSA) is 0 Å².